The molecule has 1 aromatic rings. The zero-order valence-corrected chi connectivity index (χ0v) is 17.7. The van der Waals surface area contributed by atoms with Crippen LogP contribution < -0.4 is 10.0 Å². The third-order valence-corrected chi connectivity index (χ3v) is 5.62. The van der Waals surface area contributed by atoms with Crippen LogP contribution in [0.5, 0.6) is 0 Å². The van der Waals surface area contributed by atoms with Gasteiger partial charge in [0, 0.05) is 37.8 Å². The monoisotopic (exact) mass is 430 g/mol. The number of benzene rings is 1. The Hall–Kier alpha value is -1.84. The van der Waals surface area contributed by atoms with Crippen LogP contribution in [0, 0.1) is 6.92 Å². The number of hydrogen-bond donors (Lipinski definition) is 2. The highest BCUT2D eigenvalue weighted by atomic mass is 35.5. The first-order valence-electron chi connectivity index (χ1n) is 9.12. The highest BCUT2D eigenvalue weighted by Gasteiger charge is 2.32. The lowest BCUT2D eigenvalue weighted by Gasteiger charge is -2.41. The number of carbonyl (C=O) groups is 2. The molecular weight excluding hydrogens is 404 g/mol. The van der Waals surface area contributed by atoms with Gasteiger partial charge in [0.2, 0.25) is 15.9 Å². The minimum Gasteiger partial charge on any atom is -0.337 e. The summed E-state index contributed by atoms with van der Waals surface area (Å²) >= 11 is 0. The van der Waals surface area contributed by atoms with Gasteiger partial charge in [-0.1, -0.05) is 6.07 Å². The molecule has 8 nitrogen and oxygen atoms in total. The Labute approximate surface area is 172 Å². The normalized spacial score (nSPS) is 20.5. The third kappa shape index (κ3) is 5.36. The van der Waals surface area contributed by atoms with Crippen LogP contribution in [0.25, 0.3) is 0 Å². The number of sulfonamides is 1. The number of halogens is 1. The zero-order valence-electron chi connectivity index (χ0n) is 16.1. The molecule has 2 aliphatic rings. The minimum absolute atomic E-state index is 0. The first-order chi connectivity index (χ1) is 12.7. The van der Waals surface area contributed by atoms with Crippen molar-refractivity contribution < 1.29 is 18.0 Å². The Morgan fingerprint density at radius 2 is 2.04 bits per heavy atom. The molecule has 1 aromatic carbocycles. The standard InChI is InChI=1S/C18H26N4O4S.ClH/c1-13-5-6-14(10-16(13)20-27(2,25)26)18(24)21-8-3-4-15(12-21)22-9-7-19-11-17(22)23;/h5-6,10,15,19-20H,3-4,7-9,11-12H2,1-2H3;1H. The second-order valence-corrected chi connectivity index (χ2v) is 8.96. The van der Waals surface area contributed by atoms with E-state index in [1.807, 2.05) is 4.90 Å². The molecule has 2 heterocycles. The Morgan fingerprint density at radius 3 is 2.71 bits per heavy atom. The first-order valence-corrected chi connectivity index (χ1v) is 11.0. The van der Waals surface area contributed by atoms with Crippen molar-refractivity contribution in [2.75, 3.05) is 43.7 Å². The second kappa shape index (κ2) is 9.11. The van der Waals surface area contributed by atoms with E-state index < -0.39 is 10.0 Å². The molecule has 0 aliphatic carbocycles. The van der Waals surface area contributed by atoms with E-state index in [0.717, 1.165) is 31.2 Å². The number of nitrogens with zero attached hydrogens (tertiary/aromatic N) is 2. The van der Waals surface area contributed by atoms with Crippen molar-refractivity contribution in [3.05, 3.63) is 29.3 Å². The lowest BCUT2D eigenvalue weighted by molar-refractivity contribution is -0.135. The average Bonchev–Trinajstić information content (AvgIpc) is 2.62. The third-order valence-electron chi connectivity index (χ3n) is 5.03. The Balaban J connectivity index is 0.00000280. The van der Waals surface area contributed by atoms with E-state index in [1.165, 1.54) is 0 Å². The van der Waals surface area contributed by atoms with Gasteiger partial charge in [0.1, 0.15) is 0 Å². The molecule has 2 aliphatic heterocycles. The maximum atomic E-state index is 13.0. The van der Waals surface area contributed by atoms with Crippen molar-refractivity contribution in [2.45, 2.75) is 25.8 Å². The first kappa shape index (κ1) is 22.4. The van der Waals surface area contributed by atoms with Crippen molar-refractivity contribution in [3.8, 4) is 0 Å². The van der Waals surface area contributed by atoms with E-state index in [2.05, 4.69) is 10.0 Å². The van der Waals surface area contributed by atoms with Crippen LogP contribution in [-0.2, 0) is 14.8 Å². The van der Waals surface area contributed by atoms with Crippen molar-refractivity contribution in [1.82, 2.24) is 15.1 Å². The van der Waals surface area contributed by atoms with Gasteiger partial charge in [0.05, 0.1) is 18.5 Å². The second-order valence-electron chi connectivity index (χ2n) is 7.22. The van der Waals surface area contributed by atoms with Gasteiger partial charge in [-0.2, -0.15) is 0 Å². The van der Waals surface area contributed by atoms with Crippen molar-refractivity contribution in [3.63, 3.8) is 0 Å². The quantitative estimate of drug-likeness (QED) is 0.737. The molecule has 2 saturated heterocycles. The number of carbonyl (C=O) groups excluding carboxylic acids is 2. The van der Waals surface area contributed by atoms with Gasteiger partial charge in [-0.25, -0.2) is 8.42 Å². The maximum Gasteiger partial charge on any atom is 0.253 e. The molecule has 10 heteroatoms. The molecule has 3 rings (SSSR count). The summed E-state index contributed by atoms with van der Waals surface area (Å²) in [5.41, 5.74) is 1.60. The smallest absolute Gasteiger partial charge is 0.253 e. The van der Waals surface area contributed by atoms with Crippen LogP contribution in [0.2, 0.25) is 0 Å². The molecule has 2 fully saturated rings. The van der Waals surface area contributed by atoms with E-state index in [-0.39, 0.29) is 30.3 Å². The Kier molecular flexibility index (Phi) is 7.30. The molecule has 2 N–H and O–H groups in total. The molecule has 1 atom stereocenters. The number of nitrogens with one attached hydrogen (secondary N) is 2. The fourth-order valence-corrected chi connectivity index (χ4v) is 4.27. The lowest BCUT2D eigenvalue weighted by atomic mass is 10.0. The molecule has 156 valence electrons. The van der Waals surface area contributed by atoms with Crippen molar-refractivity contribution in [1.29, 1.82) is 0 Å². The molecule has 0 saturated carbocycles. The summed E-state index contributed by atoms with van der Waals surface area (Å²) in [6.45, 7) is 4.72. The summed E-state index contributed by atoms with van der Waals surface area (Å²) in [5.74, 6) is -0.0608. The molecular formula is C18H27ClN4O4S. The number of piperazine rings is 1. The van der Waals surface area contributed by atoms with Gasteiger partial charge in [0.15, 0.2) is 0 Å². The Morgan fingerprint density at radius 1 is 1.29 bits per heavy atom. The van der Waals surface area contributed by atoms with Gasteiger partial charge < -0.3 is 15.1 Å². The van der Waals surface area contributed by atoms with E-state index in [0.29, 0.717) is 37.4 Å². The zero-order chi connectivity index (χ0) is 19.6. The summed E-state index contributed by atoms with van der Waals surface area (Å²) in [6.07, 6.45) is 2.82. The lowest BCUT2D eigenvalue weighted by Crippen LogP contribution is -2.57. The molecule has 0 aromatic heterocycles. The molecule has 0 bridgehead atoms. The SMILES string of the molecule is Cc1ccc(C(=O)N2CCCC(N3CCNCC3=O)C2)cc1NS(C)(=O)=O.Cl. The van der Waals surface area contributed by atoms with E-state index in [9.17, 15) is 18.0 Å². The summed E-state index contributed by atoms with van der Waals surface area (Å²) in [4.78, 5) is 28.8. The van der Waals surface area contributed by atoms with Crippen molar-refractivity contribution >= 4 is 39.9 Å². The number of likely N-dealkylation sites (tertiary alicyclic amines) is 1. The summed E-state index contributed by atoms with van der Waals surface area (Å²) in [6, 6.07) is 5.07. The largest absolute Gasteiger partial charge is 0.337 e. The Bertz CT molecular complexity index is 846. The average molecular weight is 431 g/mol. The molecule has 2 amide bonds. The predicted octanol–water partition coefficient (Wildman–Crippen LogP) is 0.825. The van der Waals surface area contributed by atoms with E-state index in [1.54, 1.807) is 30.0 Å². The molecule has 0 radical (unpaired) electrons. The van der Waals surface area contributed by atoms with Gasteiger partial charge in [-0.15, -0.1) is 12.4 Å². The number of anilines is 1. The molecule has 0 spiro atoms. The summed E-state index contributed by atoms with van der Waals surface area (Å²) in [5, 5.41) is 3.07. The topological polar surface area (TPSA) is 98.8 Å². The molecule has 28 heavy (non-hydrogen) atoms. The van der Waals surface area contributed by atoms with Gasteiger partial charge in [0.25, 0.3) is 5.91 Å². The van der Waals surface area contributed by atoms with Crippen LogP contribution in [0.1, 0.15) is 28.8 Å². The van der Waals surface area contributed by atoms with E-state index in [4.69, 9.17) is 0 Å². The van der Waals surface area contributed by atoms with Crippen LogP contribution in [0.3, 0.4) is 0 Å². The number of aryl methyl sites for hydroxylation is 1. The molecule has 1 unspecified atom stereocenters. The van der Waals surface area contributed by atoms with Crippen molar-refractivity contribution in [2.24, 2.45) is 0 Å². The number of amides is 2. The predicted molar refractivity (Wildman–Crippen MR) is 110 cm³/mol. The fourth-order valence-electron chi connectivity index (χ4n) is 3.65. The fraction of sp³-hybridized carbons (Fsp3) is 0.556. The summed E-state index contributed by atoms with van der Waals surface area (Å²) in [7, 11) is -3.42. The summed E-state index contributed by atoms with van der Waals surface area (Å²) < 4.78 is 25.5. The maximum absolute atomic E-state index is 13.0. The number of rotatable bonds is 4. The van der Waals surface area contributed by atoms with Gasteiger partial charge in [-0.05, 0) is 37.5 Å². The highest BCUT2D eigenvalue weighted by molar-refractivity contribution is 7.92. The number of hydrogen-bond acceptors (Lipinski definition) is 5. The van der Waals surface area contributed by atoms with Gasteiger partial charge >= 0.3 is 0 Å². The number of piperidine rings is 1. The minimum atomic E-state index is -3.42. The van der Waals surface area contributed by atoms with Crippen LogP contribution in [-0.4, -0.2) is 75.1 Å². The van der Waals surface area contributed by atoms with E-state index >= 15 is 0 Å². The highest BCUT2D eigenvalue weighted by Crippen LogP contribution is 2.22. The van der Waals surface area contributed by atoms with Crippen LogP contribution in [0.4, 0.5) is 5.69 Å². The van der Waals surface area contributed by atoms with Gasteiger partial charge in [-0.3, -0.25) is 14.3 Å². The van der Waals surface area contributed by atoms with Crippen LogP contribution in [0.15, 0.2) is 18.2 Å². The van der Waals surface area contributed by atoms with Crippen LogP contribution >= 0.6 is 12.4 Å².